The molecule has 0 N–H and O–H groups in total. The van der Waals surface area contributed by atoms with Crippen LogP contribution < -0.4 is 0 Å². The molecule has 1 amide bonds. The second-order valence-corrected chi connectivity index (χ2v) is 7.10. The summed E-state index contributed by atoms with van der Waals surface area (Å²) in [6.45, 7) is 7.87. The lowest BCUT2D eigenvalue weighted by Gasteiger charge is -2.32. The van der Waals surface area contributed by atoms with E-state index in [1.807, 2.05) is 11.0 Å². The van der Waals surface area contributed by atoms with E-state index in [0.717, 1.165) is 30.8 Å². The van der Waals surface area contributed by atoms with Gasteiger partial charge in [-0.15, -0.1) is 22.9 Å². The van der Waals surface area contributed by atoms with E-state index in [9.17, 15) is 4.79 Å². The molecule has 4 heteroatoms. The Balaban J connectivity index is 1.99. The van der Waals surface area contributed by atoms with Crippen molar-refractivity contribution in [3.05, 3.63) is 21.4 Å². The van der Waals surface area contributed by atoms with E-state index in [4.69, 9.17) is 11.6 Å². The number of aryl methyl sites for hydroxylation is 2. The van der Waals surface area contributed by atoms with Gasteiger partial charge in [0, 0.05) is 23.3 Å². The van der Waals surface area contributed by atoms with Crippen molar-refractivity contribution in [2.24, 2.45) is 5.92 Å². The predicted molar refractivity (Wildman–Crippen MR) is 77.7 cm³/mol. The molecule has 1 saturated heterocycles. The largest absolute Gasteiger partial charge is 0.338 e. The molecule has 0 spiro atoms. The fraction of sp³-hybridized carbons (Fsp3) is 0.643. The first-order valence-corrected chi connectivity index (χ1v) is 7.74. The van der Waals surface area contributed by atoms with Gasteiger partial charge in [0.05, 0.1) is 4.88 Å². The maximum absolute atomic E-state index is 12.3. The summed E-state index contributed by atoms with van der Waals surface area (Å²) in [5, 5.41) is 0.216. The summed E-state index contributed by atoms with van der Waals surface area (Å²) in [7, 11) is 0. The number of nitrogens with zero attached hydrogens (tertiary/aromatic N) is 1. The topological polar surface area (TPSA) is 20.3 Å². The minimum absolute atomic E-state index is 0.192. The second kappa shape index (κ2) is 5.62. The molecule has 0 aliphatic carbocycles. The van der Waals surface area contributed by atoms with Crippen LogP contribution in [0.15, 0.2) is 6.07 Å². The van der Waals surface area contributed by atoms with E-state index in [-0.39, 0.29) is 11.3 Å². The highest BCUT2D eigenvalue weighted by Crippen LogP contribution is 2.27. The van der Waals surface area contributed by atoms with E-state index < -0.39 is 0 Å². The molecule has 1 atom stereocenters. The van der Waals surface area contributed by atoms with Crippen LogP contribution in [0, 0.1) is 19.8 Å². The van der Waals surface area contributed by atoms with Gasteiger partial charge in [-0.05, 0) is 51.2 Å². The van der Waals surface area contributed by atoms with Gasteiger partial charge in [0.2, 0.25) is 0 Å². The minimum atomic E-state index is 0.192. The van der Waals surface area contributed by atoms with Crippen LogP contribution in [0.1, 0.15) is 39.9 Å². The van der Waals surface area contributed by atoms with Crippen LogP contribution in [0.2, 0.25) is 0 Å². The van der Waals surface area contributed by atoms with Crippen LogP contribution in [0.25, 0.3) is 0 Å². The average Bonchev–Trinajstić information content (AvgIpc) is 2.69. The molecule has 100 valence electrons. The Bertz CT molecular complexity index is 414. The Hall–Kier alpha value is -0.540. The van der Waals surface area contributed by atoms with Gasteiger partial charge in [-0.2, -0.15) is 0 Å². The predicted octanol–water partition coefficient (Wildman–Crippen LogP) is 3.84. The standard InChI is InChI=1S/C14H20ClNOS/c1-9-8-13(18-11(9)3)14(17)16-6-4-12(5-7-16)10(2)15/h8,10,12H,4-7H2,1-3H3. The van der Waals surface area contributed by atoms with Gasteiger partial charge in [0.25, 0.3) is 5.91 Å². The number of carbonyl (C=O) groups excluding carboxylic acids is 1. The van der Waals surface area contributed by atoms with E-state index in [1.54, 1.807) is 11.3 Å². The van der Waals surface area contributed by atoms with Crippen molar-refractivity contribution < 1.29 is 4.79 Å². The fourth-order valence-corrected chi connectivity index (χ4v) is 3.65. The number of hydrogen-bond donors (Lipinski definition) is 0. The molecule has 2 heterocycles. The molecule has 1 aromatic rings. The number of alkyl halides is 1. The van der Waals surface area contributed by atoms with Crippen molar-refractivity contribution >= 4 is 28.8 Å². The summed E-state index contributed by atoms with van der Waals surface area (Å²) in [5.41, 5.74) is 1.22. The van der Waals surface area contributed by atoms with Crippen molar-refractivity contribution in [3.8, 4) is 0 Å². The SMILES string of the molecule is Cc1cc(C(=O)N2CCC(C(C)Cl)CC2)sc1C. The first-order chi connectivity index (χ1) is 8.49. The van der Waals surface area contributed by atoms with E-state index in [1.165, 1.54) is 10.4 Å². The van der Waals surface area contributed by atoms with Crippen LogP contribution in [-0.2, 0) is 0 Å². The van der Waals surface area contributed by atoms with Gasteiger partial charge in [-0.3, -0.25) is 4.79 Å². The summed E-state index contributed by atoms with van der Waals surface area (Å²) in [6, 6.07) is 2.01. The zero-order valence-corrected chi connectivity index (χ0v) is 12.8. The van der Waals surface area contributed by atoms with Crippen molar-refractivity contribution in [2.45, 2.75) is 39.0 Å². The third-order valence-corrected chi connectivity index (χ3v) is 5.35. The zero-order valence-electron chi connectivity index (χ0n) is 11.2. The van der Waals surface area contributed by atoms with Crippen molar-refractivity contribution in [2.75, 3.05) is 13.1 Å². The van der Waals surface area contributed by atoms with Crippen LogP contribution in [-0.4, -0.2) is 29.3 Å². The maximum Gasteiger partial charge on any atom is 0.263 e. The van der Waals surface area contributed by atoms with Crippen molar-refractivity contribution in [1.82, 2.24) is 4.90 Å². The summed E-state index contributed by atoms with van der Waals surface area (Å²) in [4.78, 5) is 16.4. The number of likely N-dealkylation sites (tertiary alicyclic amines) is 1. The number of halogens is 1. The Morgan fingerprint density at radius 1 is 1.44 bits per heavy atom. The number of thiophene rings is 1. The number of carbonyl (C=O) groups is 1. The van der Waals surface area contributed by atoms with Crippen molar-refractivity contribution in [1.29, 1.82) is 0 Å². The van der Waals surface area contributed by atoms with Crippen LogP contribution in [0.3, 0.4) is 0 Å². The third-order valence-electron chi connectivity index (χ3n) is 3.85. The van der Waals surface area contributed by atoms with Crippen molar-refractivity contribution in [3.63, 3.8) is 0 Å². The highest BCUT2D eigenvalue weighted by Gasteiger charge is 2.26. The van der Waals surface area contributed by atoms with E-state index in [0.29, 0.717) is 5.92 Å². The first kappa shape index (κ1) is 13.9. The molecule has 1 fully saturated rings. The van der Waals surface area contributed by atoms with Crippen LogP contribution in [0.4, 0.5) is 0 Å². The monoisotopic (exact) mass is 285 g/mol. The third kappa shape index (κ3) is 2.89. The molecule has 0 radical (unpaired) electrons. The van der Waals surface area contributed by atoms with Gasteiger partial charge in [0.1, 0.15) is 0 Å². The minimum Gasteiger partial charge on any atom is -0.338 e. The molecular formula is C14H20ClNOS. The highest BCUT2D eigenvalue weighted by molar-refractivity contribution is 7.14. The number of hydrogen-bond acceptors (Lipinski definition) is 2. The van der Waals surface area contributed by atoms with Gasteiger partial charge in [-0.25, -0.2) is 0 Å². The Labute approximate surface area is 118 Å². The van der Waals surface area contributed by atoms with Crippen LogP contribution in [0.5, 0.6) is 0 Å². The molecule has 2 rings (SSSR count). The van der Waals surface area contributed by atoms with Gasteiger partial charge in [0.15, 0.2) is 0 Å². The number of amides is 1. The average molecular weight is 286 g/mol. The Morgan fingerprint density at radius 3 is 2.50 bits per heavy atom. The number of rotatable bonds is 2. The lowest BCUT2D eigenvalue weighted by Crippen LogP contribution is -2.39. The summed E-state index contributed by atoms with van der Waals surface area (Å²) >= 11 is 7.73. The second-order valence-electron chi connectivity index (χ2n) is 5.16. The number of piperidine rings is 1. The summed E-state index contributed by atoms with van der Waals surface area (Å²) < 4.78 is 0. The summed E-state index contributed by atoms with van der Waals surface area (Å²) in [6.07, 6.45) is 2.06. The Kier molecular flexibility index (Phi) is 4.33. The van der Waals surface area contributed by atoms with Gasteiger partial charge in [-0.1, -0.05) is 0 Å². The molecule has 1 aliphatic rings. The molecule has 2 nitrogen and oxygen atoms in total. The van der Waals surface area contributed by atoms with Gasteiger partial charge < -0.3 is 4.90 Å². The maximum atomic E-state index is 12.3. The molecule has 0 aromatic carbocycles. The molecule has 0 bridgehead atoms. The first-order valence-electron chi connectivity index (χ1n) is 6.49. The Morgan fingerprint density at radius 2 is 2.06 bits per heavy atom. The molecule has 1 aromatic heterocycles. The molecule has 0 saturated carbocycles. The highest BCUT2D eigenvalue weighted by atomic mass is 35.5. The smallest absolute Gasteiger partial charge is 0.263 e. The zero-order chi connectivity index (χ0) is 13.3. The lowest BCUT2D eigenvalue weighted by atomic mass is 9.94. The fourth-order valence-electron chi connectivity index (χ4n) is 2.40. The van der Waals surface area contributed by atoms with Crippen LogP contribution >= 0.6 is 22.9 Å². The molecule has 1 aliphatic heterocycles. The van der Waals surface area contributed by atoms with E-state index in [2.05, 4.69) is 20.8 Å². The normalized spacial score (nSPS) is 19.0. The molecular weight excluding hydrogens is 266 g/mol. The molecule has 18 heavy (non-hydrogen) atoms. The van der Waals surface area contributed by atoms with Gasteiger partial charge >= 0.3 is 0 Å². The summed E-state index contributed by atoms with van der Waals surface area (Å²) in [5.74, 6) is 0.749. The lowest BCUT2D eigenvalue weighted by molar-refractivity contribution is 0.0695. The quantitative estimate of drug-likeness (QED) is 0.756. The molecule has 1 unspecified atom stereocenters. The van der Waals surface area contributed by atoms with E-state index >= 15 is 0 Å².